The molecule has 6 heterocycles. The van der Waals surface area contributed by atoms with Crippen LogP contribution in [-0.4, -0.2) is 29.2 Å². The summed E-state index contributed by atoms with van der Waals surface area (Å²) in [5.41, 5.74) is 9.89. The molecule has 0 radical (unpaired) electrons. The highest BCUT2D eigenvalue weighted by Gasteiger charge is 2.19. The Morgan fingerprint density at radius 1 is 0.377 bits per heavy atom. The highest BCUT2D eigenvalue weighted by Crippen LogP contribution is 2.30. The molecule has 15 heteroatoms. The lowest BCUT2D eigenvalue weighted by Crippen LogP contribution is -2.22. The van der Waals surface area contributed by atoms with Gasteiger partial charge in [0.05, 0.1) is 35.2 Å². The predicted molar refractivity (Wildman–Crippen MR) is 258 cm³/mol. The van der Waals surface area contributed by atoms with Gasteiger partial charge < -0.3 is 27.3 Å². The molecule has 0 spiro atoms. The third kappa shape index (κ3) is 10.9. The third-order valence-electron chi connectivity index (χ3n) is 12.1. The third-order valence-corrected chi connectivity index (χ3v) is 12.1. The molecule has 9 aromatic rings. The number of benzene rings is 3. The summed E-state index contributed by atoms with van der Waals surface area (Å²) in [6.07, 6.45) is 5.38. The molecule has 3 unspecified atom stereocenters. The monoisotopic (exact) mass is 936 g/mol. The van der Waals surface area contributed by atoms with Crippen LogP contribution in [0.5, 0.6) is 0 Å². The van der Waals surface area contributed by atoms with E-state index in [9.17, 15) is 27.6 Å². The lowest BCUT2D eigenvalue weighted by Gasteiger charge is -2.16. The van der Waals surface area contributed by atoms with Gasteiger partial charge in [-0.2, -0.15) is 0 Å². The molecule has 3 aromatic carbocycles. The SMILES string of the molecule is Cc1noc(C)c1-c1ccc(=O)n(C(C)c2ccc(F)cc2)c1.Cc1noc(C)c1-c1ccc(=O)n(C(C)c2ccc(F)cc2)c1.Cc1noc(C)c1-c1ccc(=O)n(C(C)c2ccc(F)cc2)c1. The van der Waals surface area contributed by atoms with Crippen LogP contribution in [0.25, 0.3) is 33.4 Å². The molecule has 0 N–H and O–H groups in total. The van der Waals surface area contributed by atoms with E-state index in [1.54, 1.807) is 86.9 Å². The van der Waals surface area contributed by atoms with Gasteiger partial charge in [-0.05, 0) is 134 Å². The Morgan fingerprint density at radius 2 is 0.609 bits per heavy atom. The van der Waals surface area contributed by atoms with E-state index in [1.165, 1.54) is 54.6 Å². The fourth-order valence-electron chi connectivity index (χ4n) is 8.25. The zero-order chi connectivity index (χ0) is 49.7. The van der Waals surface area contributed by atoms with Crippen LogP contribution < -0.4 is 16.7 Å². The summed E-state index contributed by atoms with van der Waals surface area (Å²) >= 11 is 0. The summed E-state index contributed by atoms with van der Waals surface area (Å²) in [4.78, 5) is 36.7. The van der Waals surface area contributed by atoms with Crippen molar-refractivity contribution in [2.24, 2.45) is 0 Å². The van der Waals surface area contributed by atoms with Gasteiger partial charge in [0.2, 0.25) is 0 Å². The van der Waals surface area contributed by atoms with E-state index in [4.69, 9.17) is 13.6 Å². The number of hydrogen-bond acceptors (Lipinski definition) is 9. The van der Waals surface area contributed by atoms with Crippen molar-refractivity contribution in [3.05, 3.63) is 227 Å². The van der Waals surface area contributed by atoms with Crippen LogP contribution in [-0.2, 0) is 0 Å². The average molecular weight is 937 g/mol. The smallest absolute Gasteiger partial charge is 0.251 e. The van der Waals surface area contributed by atoms with Gasteiger partial charge in [0, 0.05) is 70.2 Å². The molecule has 6 aromatic heterocycles. The molecule has 0 aliphatic carbocycles. The molecule has 0 fully saturated rings. The molecule has 0 bridgehead atoms. The minimum absolute atomic E-state index is 0.114. The van der Waals surface area contributed by atoms with Gasteiger partial charge in [0.25, 0.3) is 16.7 Å². The van der Waals surface area contributed by atoms with Crippen molar-refractivity contribution in [3.63, 3.8) is 0 Å². The molecule has 69 heavy (non-hydrogen) atoms. The standard InChI is InChI=1S/3C18H17FN2O2/c3*1-11-18(13(3)23-20-11)15-6-9-17(22)21(10-15)12(2)14-4-7-16(19)8-5-14/h3*4-10,12H,1-3H3. The van der Waals surface area contributed by atoms with Gasteiger partial charge >= 0.3 is 0 Å². The largest absolute Gasteiger partial charge is 0.361 e. The van der Waals surface area contributed by atoms with Crippen molar-refractivity contribution in [2.75, 3.05) is 0 Å². The number of nitrogens with zero attached hydrogens (tertiary/aromatic N) is 6. The maximum absolute atomic E-state index is 13.1. The fourth-order valence-corrected chi connectivity index (χ4v) is 8.25. The molecule has 354 valence electrons. The second-order valence-electron chi connectivity index (χ2n) is 16.8. The first-order valence-corrected chi connectivity index (χ1v) is 22.1. The predicted octanol–water partition coefficient (Wildman–Crippen LogP) is 11.6. The van der Waals surface area contributed by atoms with E-state index in [2.05, 4.69) is 15.5 Å². The van der Waals surface area contributed by atoms with E-state index in [0.29, 0.717) is 17.3 Å². The Labute approximate surface area is 395 Å². The van der Waals surface area contributed by atoms with Gasteiger partial charge in [-0.15, -0.1) is 0 Å². The quantitative estimate of drug-likeness (QED) is 0.138. The van der Waals surface area contributed by atoms with Gasteiger partial charge in [-0.25, -0.2) is 13.2 Å². The first-order valence-electron chi connectivity index (χ1n) is 22.1. The Kier molecular flexibility index (Phi) is 14.8. The zero-order valence-corrected chi connectivity index (χ0v) is 39.6. The van der Waals surface area contributed by atoms with Gasteiger partial charge in [0.1, 0.15) is 34.7 Å². The van der Waals surface area contributed by atoms with Crippen LogP contribution in [0, 0.1) is 59.0 Å². The highest BCUT2D eigenvalue weighted by atomic mass is 19.1. The number of aromatic nitrogens is 6. The van der Waals surface area contributed by atoms with Crippen LogP contribution in [0.15, 0.2) is 156 Å². The van der Waals surface area contributed by atoms with Gasteiger partial charge in [0.15, 0.2) is 0 Å². The summed E-state index contributed by atoms with van der Waals surface area (Å²) < 4.78 is 59.8. The summed E-state index contributed by atoms with van der Waals surface area (Å²) in [6.45, 7) is 16.8. The first-order chi connectivity index (χ1) is 32.9. The van der Waals surface area contributed by atoms with Crippen LogP contribution in [0.1, 0.15) is 89.9 Å². The van der Waals surface area contributed by atoms with Crippen LogP contribution in [0.2, 0.25) is 0 Å². The van der Waals surface area contributed by atoms with Crippen molar-refractivity contribution in [1.82, 2.24) is 29.2 Å². The lowest BCUT2D eigenvalue weighted by atomic mass is 10.0. The number of hydrogen-bond donors (Lipinski definition) is 0. The van der Waals surface area contributed by atoms with Crippen molar-refractivity contribution >= 4 is 0 Å². The van der Waals surface area contributed by atoms with E-state index >= 15 is 0 Å². The Morgan fingerprint density at radius 3 is 0.812 bits per heavy atom. The first kappa shape index (κ1) is 48.9. The molecular formula is C54H51F3N6O6. The Balaban J connectivity index is 0.000000153. The topological polar surface area (TPSA) is 144 Å². The van der Waals surface area contributed by atoms with E-state index in [-0.39, 0.29) is 52.3 Å². The molecule has 0 saturated heterocycles. The highest BCUT2D eigenvalue weighted by molar-refractivity contribution is 5.68. The molecule has 9 rings (SSSR count). The Hall–Kier alpha value is -8.07. The lowest BCUT2D eigenvalue weighted by molar-refractivity contribution is 0.393. The van der Waals surface area contributed by atoms with Crippen molar-refractivity contribution in [1.29, 1.82) is 0 Å². The van der Waals surface area contributed by atoms with Gasteiger partial charge in [-0.1, -0.05) is 51.9 Å². The molecule has 12 nitrogen and oxygen atoms in total. The van der Waals surface area contributed by atoms with Crippen molar-refractivity contribution in [3.8, 4) is 33.4 Å². The second-order valence-corrected chi connectivity index (χ2v) is 16.8. The summed E-state index contributed by atoms with van der Waals surface area (Å²) in [7, 11) is 0. The number of halogens is 3. The maximum Gasteiger partial charge on any atom is 0.251 e. The average Bonchev–Trinajstić information content (AvgIpc) is 3.99. The van der Waals surface area contributed by atoms with Crippen molar-refractivity contribution in [2.45, 2.75) is 80.4 Å². The number of pyridine rings is 3. The van der Waals surface area contributed by atoms with Crippen LogP contribution in [0.3, 0.4) is 0 Å². The molecule has 0 amide bonds. The summed E-state index contributed by atoms with van der Waals surface area (Å²) in [5.74, 6) is 1.25. The maximum atomic E-state index is 13.1. The van der Waals surface area contributed by atoms with Gasteiger partial charge in [-0.3, -0.25) is 14.4 Å². The number of aryl methyl sites for hydroxylation is 6. The second kappa shape index (κ2) is 20.8. The number of rotatable bonds is 9. The molecule has 3 atom stereocenters. The summed E-state index contributed by atoms with van der Waals surface area (Å²) in [5, 5.41) is 11.9. The zero-order valence-electron chi connectivity index (χ0n) is 39.6. The molecule has 0 aliphatic heterocycles. The normalized spacial score (nSPS) is 12.3. The Bertz CT molecular complexity index is 2980. The molecule has 0 saturated carbocycles. The van der Waals surface area contributed by atoms with Crippen molar-refractivity contribution < 1.29 is 26.7 Å². The fraction of sp³-hybridized carbons (Fsp3) is 0.222. The van der Waals surface area contributed by atoms with Crippen LogP contribution in [0.4, 0.5) is 13.2 Å². The van der Waals surface area contributed by atoms with E-state index < -0.39 is 0 Å². The van der Waals surface area contributed by atoms with E-state index in [1.807, 2.05) is 62.3 Å². The molecule has 0 aliphatic rings. The summed E-state index contributed by atoms with van der Waals surface area (Å²) in [6, 6.07) is 27.8. The molecular weight excluding hydrogens is 886 g/mol. The minimum Gasteiger partial charge on any atom is -0.361 e. The minimum atomic E-state index is -0.294. The van der Waals surface area contributed by atoms with Crippen LogP contribution >= 0.6 is 0 Å². The van der Waals surface area contributed by atoms with E-state index in [0.717, 1.165) is 67.2 Å².